The summed E-state index contributed by atoms with van der Waals surface area (Å²) in [6.07, 6.45) is 0. The predicted octanol–water partition coefficient (Wildman–Crippen LogP) is 3.02. The summed E-state index contributed by atoms with van der Waals surface area (Å²) in [6.45, 7) is 7.08. The van der Waals surface area contributed by atoms with Crippen LogP contribution in [0.5, 0.6) is 0 Å². The maximum atomic E-state index is 13.2. The Labute approximate surface area is 188 Å². The molecule has 1 fully saturated rings. The second-order valence-corrected chi connectivity index (χ2v) is 10.2. The van der Waals surface area contributed by atoms with Crippen LogP contribution in [-0.2, 0) is 14.8 Å². The number of hydrogen-bond donors (Lipinski definition) is 2. The first-order valence-electron chi connectivity index (χ1n) is 10.7. The molecule has 2 N–H and O–H groups in total. The van der Waals surface area contributed by atoms with Crippen LogP contribution in [0.4, 0.5) is 0 Å². The Morgan fingerprint density at radius 2 is 1.88 bits per heavy atom. The largest absolute Gasteiger partial charge is 0.379 e. The highest BCUT2D eigenvalue weighted by Crippen LogP contribution is 2.25. The van der Waals surface area contributed by atoms with Crippen LogP contribution in [-0.4, -0.2) is 54.9 Å². The number of benzene rings is 2. The van der Waals surface area contributed by atoms with Gasteiger partial charge in [-0.05, 0) is 42.7 Å². The molecule has 1 saturated heterocycles. The topological polar surface area (TPSA) is 104 Å². The van der Waals surface area contributed by atoms with Crippen LogP contribution in [0.25, 0.3) is 11.0 Å². The third kappa shape index (κ3) is 4.41. The monoisotopic (exact) mass is 456 g/mol. The molecule has 32 heavy (non-hydrogen) atoms. The van der Waals surface area contributed by atoms with E-state index in [1.807, 2.05) is 38.1 Å². The van der Waals surface area contributed by atoms with Gasteiger partial charge in [0.15, 0.2) is 0 Å². The van der Waals surface area contributed by atoms with Crippen molar-refractivity contribution >= 4 is 27.0 Å². The Bertz CT molecular complexity index is 1200. The highest BCUT2D eigenvalue weighted by molar-refractivity contribution is 7.89. The van der Waals surface area contributed by atoms with Crippen LogP contribution in [0.3, 0.4) is 0 Å². The number of fused-ring (bicyclic) bond motifs is 1. The van der Waals surface area contributed by atoms with Gasteiger partial charge in [0.2, 0.25) is 10.0 Å². The molecule has 0 unspecified atom stereocenters. The molecule has 1 aliphatic rings. The van der Waals surface area contributed by atoms with E-state index in [2.05, 4.69) is 15.3 Å². The number of para-hydroxylation sites is 2. The number of aromatic nitrogens is 2. The van der Waals surface area contributed by atoms with Gasteiger partial charge in [0.25, 0.3) is 5.91 Å². The Hall–Kier alpha value is -2.75. The van der Waals surface area contributed by atoms with E-state index in [0.29, 0.717) is 43.3 Å². The van der Waals surface area contributed by atoms with Gasteiger partial charge in [0.05, 0.1) is 35.2 Å². The van der Waals surface area contributed by atoms with Gasteiger partial charge in [-0.15, -0.1) is 0 Å². The third-order valence-electron chi connectivity index (χ3n) is 5.69. The van der Waals surface area contributed by atoms with E-state index in [1.54, 1.807) is 19.1 Å². The number of H-pyrrole nitrogens is 1. The zero-order chi connectivity index (χ0) is 22.9. The molecule has 1 amide bonds. The minimum atomic E-state index is -3.71. The minimum absolute atomic E-state index is 0.0708. The van der Waals surface area contributed by atoms with E-state index in [9.17, 15) is 13.2 Å². The van der Waals surface area contributed by atoms with Crippen molar-refractivity contribution in [1.82, 2.24) is 19.6 Å². The predicted molar refractivity (Wildman–Crippen MR) is 122 cm³/mol. The van der Waals surface area contributed by atoms with Gasteiger partial charge in [0, 0.05) is 18.7 Å². The van der Waals surface area contributed by atoms with Crippen molar-refractivity contribution < 1.29 is 17.9 Å². The summed E-state index contributed by atoms with van der Waals surface area (Å²) in [4.78, 5) is 21.2. The van der Waals surface area contributed by atoms with Crippen molar-refractivity contribution in [3.63, 3.8) is 0 Å². The second kappa shape index (κ2) is 9.01. The molecule has 3 aromatic rings. The average Bonchev–Trinajstić information content (AvgIpc) is 3.21. The number of amides is 1. The number of aromatic amines is 1. The van der Waals surface area contributed by atoms with E-state index in [-0.39, 0.29) is 22.8 Å². The van der Waals surface area contributed by atoms with Crippen LogP contribution in [0, 0.1) is 12.8 Å². The van der Waals surface area contributed by atoms with Gasteiger partial charge in [-0.25, -0.2) is 13.4 Å². The lowest BCUT2D eigenvalue weighted by Crippen LogP contribution is -2.41. The molecule has 1 atom stereocenters. The summed E-state index contributed by atoms with van der Waals surface area (Å²) >= 11 is 0. The van der Waals surface area contributed by atoms with Crippen molar-refractivity contribution in [2.75, 3.05) is 26.3 Å². The van der Waals surface area contributed by atoms with Gasteiger partial charge in [0.1, 0.15) is 5.82 Å². The number of sulfonamides is 1. The Kier molecular flexibility index (Phi) is 6.32. The molecule has 0 aliphatic carbocycles. The van der Waals surface area contributed by atoms with Gasteiger partial charge in [-0.2, -0.15) is 4.31 Å². The molecule has 0 bridgehead atoms. The molecule has 4 rings (SSSR count). The van der Waals surface area contributed by atoms with Crippen LogP contribution in [0.15, 0.2) is 47.4 Å². The maximum absolute atomic E-state index is 13.2. The van der Waals surface area contributed by atoms with E-state index in [4.69, 9.17) is 4.74 Å². The molecular weight excluding hydrogens is 428 g/mol. The van der Waals surface area contributed by atoms with E-state index in [1.165, 1.54) is 10.4 Å². The van der Waals surface area contributed by atoms with Gasteiger partial charge in [-0.3, -0.25) is 4.79 Å². The zero-order valence-electron chi connectivity index (χ0n) is 18.5. The Morgan fingerprint density at radius 3 is 2.56 bits per heavy atom. The number of carbonyl (C=O) groups excluding carboxylic acids is 1. The standard InChI is InChI=1S/C23H28N4O4S/c1-15(2)21(22-24-18-6-4-5-7-19(18)25-22)26-23(28)17-9-8-16(3)20(14-17)32(29,30)27-10-12-31-13-11-27/h4-9,14-15,21H,10-13H2,1-3H3,(H,24,25)(H,26,28)/t21-/m0/s1. The first-order chi connectivity index (χ1) is 15.3. The van der Waals surface area contributed by atoms with Gasteiger partial charge < -0.3 is 15.0 Å². The first kappa shape index (κ1) is 22.4. The van der Waals surface area contributed by atoms with Crippen LogP contribution >= 0.6 is 0 Å². The molecule has 9 heteroatoms. The van der Waals surface area contributed by atoms with Crippen molar-refractivity contribution in [2.45, 2.75) is 31.7 Å². The molecule has 2 aromatic carbocycles. The summed E-state index contributed by atoms with van der Waals surface area (Å²) in [7, 11) is -3.71. The summed E-state index contributed by atoms with van der Waals surface area (Å²) in [5.41, 5.74) is 2.63. The fourth-order valence-corrected chi connectivity index (χ4v) is 5.50. The molecular formula is C23H28N4O4S. The third-order valence-corrected chi connectivity index (χ3v) is 7.73. The molecule has 170 valence electrons. The van der Waals surface area contributed by atoms with Crippen LogP contribution in [0.2, 0.25) is 0 Å². The molecule has 0 spiro atoms. The second-order valence-electron chi connectivity index (χ2n) is 8.33. The van der Waals surface area contributed by atoms with Gasteiger partial charge in [-0.1, -0.05) is 32.0 Å². The number of hydrogen-bond acceptors (Lipinski definition) is 5. The molecule has 0 saturated carbocycles. The minimum Gasteiger partial charge on any atom is -0.379 e. The lowest BCUT2D eigenvalue weighted by Gasteiger charge is -2.27. The molecule has 1 aromatic heterocycles. The van der Waals surface area contributed by atoms with E-state index in [0.717, 1.165) is 11.0 Å². The summed E-state index contributed by atoms with van der Waals surface area (Å²) in [5, 5.41) is 3.03. The Balaban J connectivity index is 1.61. The highest BCUT2D eigenvalue weighted by atomic mass is 32.2. The zero-order valence-corrected chi connectivity index (χ0v) is 19.3. The molecule has 0 radical (unpaired) electrons. The molecule has 1 aliphatic heterocycles. The van der Waals surface area contributed by atoms with Crippen LogP contribution < -0.4 is 5.32 Å². The fraction of sp³-hybridized carbons (Fsp3) is 0.391. The number of rotatable bonds is 6. The normalized spacial score (nSPS) is 16.4. The summed E-state index contributed by atoms with van der Waals surface area (Å²) < 4.78 is 33.0. The van der Waals surface area contributed by atoms with Crippen molar-refractivity contribution in [3.8, 4) is 0 Å². The number of nitrogens with zero attached hydrogens (tertiary/aromatic N) is 2. The quantitative estimate of drug-likeness (QED) is 0.593. The number of nitrogens with one attached hydrogen (secondary N) is 2. The molecule has 8 nitrogen and oxygen atoms in total. The summed E-state index contributed by atoms with van der Waals surface area (Å²) in [6, 6.07) is 12.1. The fourth-order valence-electron chi connectivity index (χ4n) is 3.84. The van der Waals surface area contributed by atoms with Crippen molar-refractivity contribution in [2.24, 2.45) is 5.92 Å². The summed E-state index contributed by atoms with van der Waals surface area (Å²) in [5.74, 6) is 0.395. The molecule has 2 heterocycles. The van der Waals surface area contributed by atoms with E-state index < -0.39 is 10.0 Å². The van der Waals surface area contributed by atoms with E-state index >= 15 is 0 Å². The van der Waals surface area contributed by atoms with Gasteiger partial charge >= 0.3 is 0 Å². The van der Waals surface area contributed by atoms with Crippen molar-refractivity contribution in [1.29, 1.82) is 0 Å². The Morgan fingerprint density at radius 1 is 1.16 bits per heavy atom. The lowest BCUT2D eigenvalue weighted by atomic mass is 10.0. The SMILES string of the molecule is Cc1ccc(C(=O)N[C@H](c2nc3ccccc3[nH]2)C(C)C)cc1S(=O)(=O)N1CCOCC1. The number of imidazole rings is 1. The lowest BCUT2D eigenvalue weighted by molar-refractivity contribution is 0.0730. The number of carbonyl (C=O) groups is 1. The average molecular weight is 457 g/mol. The smallest absolute Gasteiger partial charge is 0.251 e. The number of aryl methyl sites for hydroxylation is 1. The highest BCUT2D eigenvalue weighted by Gasteiger charge is 2.29. The van der Waals surface area contributed by atoms with Crippen LogP contribution in [0.1, 0.15) is 41.6 Å². The maximum Gasteiger partial charge on any atom is 0.251 e. The van der Waals surface area contributed by atoms with Crippen molar-refractivity contribution in [3.05, 3.63) is 59.4 Å². The number of morpholine rings is 1. The first-order valence-corrected chi connectivity index (χ1v) is 12.2. The number of ether oxygens (including phenoxy) is 1.